The Morgan fingerprint density at radius 2 is 1.64 bits per heavy atom. The van der Waals surface area contributed by atoms with Gasteiger partial charge < -0.3 is 10.2 Å². The standard InChI is InChI=1S/C26H23ClFN3OS/c27-24-21-6-2-4-8-23(21)33-25(24)26(32)29-19-9-11-20(12-10-19)31-15-13-30(14-16-31)17-18-5-1-3-7-22(18)28/h1-12H,13-17H2,(H,29,32). The summed E-state index contributed by atoms with van der Waals surface area (Å²) in [6.45, 7) is 4.12. The lowest BCUT2D eigenvalue weighted by Gasteiger charge is -2.36. The molecule has 4 aromatic rings. The zero-order valence-electron chi connectivity index (χ0n) is 17.9. The van der Waals surface area contributed by atoms with E-state index in [1.165, 1.54) is 17.4 Å². The molecule has 1 aromatic heterocycles. The summed E-state index contributed by atoms with van der Waals surface area (Å²) >= 11 is 7.83. The number of nitrogens with one attached hydrogen (secondary N) is 1. The average molecular weight is 480 g/mol. The highest BCUT2D eigenvalue weighted by Gasteiger charge is 2.19. The van der Waals surface area contributed by atoms with Gasteiger partial charge in [-0.3, -0.25) is 9.69 Å². The molecule has 0 bridgehead atoms. The van der Waals surface area contributed by atoms with Crippen LogP contribution in [0.4, 0.5) is 15.8 Å². The Bertz CT molecular complexity index is 1280. The molecule has 4 nitrogen and oxygen atoms in total. The van der Waals surface area contributed by atoms with E-state index in [-0.39, 0.29) is 11.7 Å². The second-order valence-electron chi connectivity index (χ2n) is 8.10. The minimum atomic E-state index is -0.198. The van der Waals surface area contributed by atoms with Gasteiger partial charge in [0.25, 0.3) is 5.91 Å². The molecule has 0 spiro atoms. The third kappa shape index (κ3) is 4.74. The van der Waals surface area contributed by atoms with Crippen LogP contribution in [-0.4, -0.2) is 37.0 Å². The molecular weight excluding hydrogens is 457 g/mol. The normalized spacial score (nSPS) is 14.5. The predicted octanol–water partition coefficient (Wildman–Crippen LogP) is 6.27. The van der Waals surface area contributed by atoms with Gasteiger partial charge in [-0.15, -0.1) is 11.3 Å². The molecule has 1 aliphatic rings. The lowest BCUT2D eigenvalue weighted by atomic mass is 10.1. The van der Waals surface area contributed by atoms with Crippen LogP contribution >= 0.6 is 22.9 Å². The minimum absolute atomic E-state index is 0.144. The van der Waals surface area contributed by atoms with E-state index in [2.05, 4.69) is 15.1 Å². The van der Waals surface area contributed by atoms with Crippen molar-refractivity contribution in [3.05, 3.63) is 94.1 Å². The monoisotopic (exact) mass is 479 g/mol. The van der Waals surface area contributed by atoms with E-state index >= 15 is 0 Å². The number of hydrogen-bond acceptors (Lipinski definition) is 4. The highest BCUT2D eigenvalue weighted by molar-refractivity contribution is 7.21. The molecule has 3 aromatic carbocycles. The fraction of sp³-hybridized carbons (Fsp3) is 0.192. The zero-order chi connectivity index (χ0) is 22.8. The second-order valence-corrected chi connectivity index (χ2v) is 9.53. The van der Waals surface area contributed by atoms with Gasteiger partial charge in [-0.2, -0.15) is 0 Å². The SMILES string of the molecule is O=C(Nc1ccc(N2CCN(Cc3ccccc3F)CC2)cc1)c1sc2ccccc2c1Cl. The summed E-state index contributed by atoms with van der Waals surface area (Å²) in [7, 11) is 0. The van der Waals surface area contributed by atoms with E-state index in [0.29, 0.717) is 16.4 Å². The lowest BCUT2D eigenvalue weighted by Crippen LogP contribution is -2.46. The van der Waals surface area contributed by atoms with Crippen molar-refractivity contribution in [2.45, 2.75) is 6.54 Å². The van der Waals surface area contributed by atoms with E-state index in [9.17, 15) is 9.18 Å². The number of anilines is 2. The van der Waals surface area contributed by atoms with Gasteiger partial charge in [0.15, 0.2) is 0 Å². The topological polar surface area (TPSA) is 35.6 Å². The summed E-state index contributed by atoms with van der Waals surface area (Å²) in [4.78, 5) is 17.9. The first kappa shape index (κ1) is 21.9. The Balaban J connectivity index is 1.19. The molecule has 0 aliphatic carbocycles. The Hall–Kier alpha value is -2.93. The number of rotatable bonds is 5. The highest BCUT2D eigenvalue weighted by atomic mass is 35.5. The van der Waals surface area contributed by atoms with Crippen molar-refractivity contribution < 1.29 is 9.18 Å². The van der Waals surface area contributed by atoms with Crippen molar-refractivity contribution in [3.8, 4) is 0 Å². The maximum absolute atomic E-state index is 13.9. The van der Waals surface area contributed by atoms with E-state index < -0.39 is 0 Å². The summed E-state index contributed by atoms with van der Waals surface area (Å²) < 4.78 is 14.9. The van der Waals surface area contributed by atoms with Crippen LogP contribution < -0.4 is 10.2 Å². The summed E-state index contributed by atoms with van der Waals surface area (Å²) in [6, 6.07) is 22.6. The van der Waals surface area contributed by atoms with Crippen LogP contribution in [0.1, 0.15) is 15.2 Å². The molecule has 0 saturated carbocycles. The average Bonchev–Trinajstić information content (AvgIpc) is 3.18. The molecule has 1 saturated heterocycles. The fourth-order valence-corrected chi connectivity index (χ4v) is 5.55. The Kier molecular flexibility index (Phi) is 6.31. The molecule has 0 radical (unpaired) electrons. The maximum atomic E-state index is 13.9. The molecule has 0 atom stereocenters. The molecule has 0 unspecified atom stereocenters. The van der Waals surface area contributed by atoms with E-state index in [4.69, 9.17) is 11.6 Å². The van der Waals surface area contributed by atoms with Crippen LogP contribution in [0, 0.1) is 5.82 Å². The van der Waals surface area contributed by atoms with Gasteiger partial charge in [-0.1, -0.05) is 48.0 Å². The van der Waals surface area contributed by atoms with Gasteiger partial charge in [-0.05, 0) is 36.4 Å². The molecule has 2 heterocycles. The second kappa shape index (κ2) is 9.51. The van der Waals surface area contributed by atoms with Gasteiger partial charge in [0.05, 0.1) is 5.02 Å². The predicted molar refractivity (Wildman–Crippen MR) is 135 cm³/mol. The van der Waals surface area contributed by atoms with Crippen molar-refractivity contribution in [3.63, 3.8) is 0 Å². The maximum Gasteiger partial charge on any atom is 0.267 e. The largest absolute Gasteiger partial charge is 0.369 e. The number of hydrogen-bond donors (Lipinski definition) is 1. The number of carbonyl (C=O) groups is 1. The van der Waals surface area contributed by atoms with E-state index in [0.717, 1.165) is 53.2 Å². The van der Waals surface area contributed by atoms with Crippen LogP contribution in [0.25, 0.3) is 10.1 Å². The molecular formula is C26H23ClFN3OS. The first-order chi connectivity index (χ1) is 16.1. The first-order valence-electron chi connectivity index (χ1n) is 10.9. The Morgan fingerprint density at radius 1 is 0.939 bits per heavy atom. The van der Waals surface area contributed by atoms with Crippen molar-refractivity contribution in [1.29, 1.82) is 0 Å². The van der Waals surface area contributed by atoms with Crippen molar-refractivity contribution >= 4 is 50.3 Å². The number of nitrogens with zero attached hydrogens (tertiary/aromatic N) is 2. The third-order valence-corrected chi connectivity index (χ3v) is 7.63. The molecule has 1 amide bonds. The lowest BCUT2D eigenvalue weighted by molar-refractivity contribution is 0.103. The quantitative estimate of drug-likeness (QED) is 0.366. The molecule has 5 rings (SSSR count). The number of halogens is 2. The summed E-state index contributed by atoms with van der Waals surface area (Å²) in [5, 5.41) is 4.35. The summed E-state index contributed by atoms with van der Waals surface area (Å²) in [6.07, 6.45) is 0. The fourth-order valence-electron chi connectivity index (χ4n) is 4.14. The van der Waals surface area contributed by atoms with E-state index in [1.807, 2.05) is 60.7 Å². The van der Waals surface area contributed by atoms with Crippen LogP contribution in [0.3, 0.4) is 0 Å². The third-order valence-electron chi connectivity index (χ3n) is 5.96. The van der Waals surface area contributed by atoms with Crippen molar-refractivity contribution in [2.24, 2.45) is 0 Å². The molecule has 7 heteroatoms. The molecule has 33 heavy (non-hydrogen) atoms. The van der Waals surface area contributed by atoms with Gasteiger partial charge in [0, 0.05) is 59.7 Å². The number of carbonyl (C=O) groups excluding carboxylic acids is 1. The van der Waals surface area contributed by atoms with Gasteiger partial charge in [0.2, 0.25) is 0 Å². The summed E-state index contributed by atoms with van der Waals surface area (Å²) in [5.74, 6) is -0.342. The summed E-state index contributed by atoms with van der Waals surface area (Å²) in [5.41, 5.74) is 2.58. The van der Waals surface area contributed by atoms with Crippen LogP contribution in [-0.2, 0) is 6.54 Å². The molecule has 1 fully saturated rings. The smallest absolute Gasteiger partial charge is 0.267 e. The number of amides is 1. The van der Waals surface area contributed by atoms with Crippen molar-refractivity contribution in [1.82, 2.24) is 4.90 Å². The van der Waals surface area contributed by atoms with Gasteiger partial charge >= 0.3 is 0 Å². The number of piperazine rings is 1. The Morgan fingerprint density at radius 3 is 2.36 bits per heavy atom. The Labute approximate surface area is 201 Å². The zero-order valence-corrected chi connectivity index (χ0v) is 19.5. The molecule has 1 N–H and O–H groups in total. The van der Waals surface area contributed by atoms with Gasteiger partial charge in [-0.25, -0.2) is 4.39 Å². The van der Waals surface area contributed by atoms with E-state index in [1.54, 1.807) is 6.07 Å². The van der Waals surface area contributed by atoms with Crippen LogP contribution in [0.5, 0.6) is 0 Å². The van der Waals surface area contributed by atoms with Crippen LogP contribution in [0.15, 0.2) is 72.8 Å². The molecule has 168 valence electrons. The number of thiophene rings is 1. The first-order valence-corrected chi connectivity index (χ1v) is 12.1. The van der Waals surface area contributed by atoms with Gasteiger partial charge in [0.1, 0.15) is 10.7 Å². The highest BCUT2D eigenvalue weighted by Crippen LogP contribution is 2.35. The molecule has 1 aliphatic heterocycles. The number of benzene rings is 3. The van der Waals surface area contributed by atoms with Crippen molar-refractivity contribution in [2.75, 3.05) is 36.4 Å². The minimum Gasteiger partial charge on any atom is -0.369 e. The van der Waals surface area contributed by atoms with Crippen LogP contribution in [0.2, 0.25) is 5.02 Å². The number of fused-ring (bicyclic) bond motifs is 1.